The lowest BCUT2D eigenvalue weighted by molar-refractivity contribution is 1.16. The van der Waals surface area contributed by atoms with Crippen molar-refractivity contribution in [2.45, 2.75) is 0 Å². The van der Waals surface area contributed by atoms with Gasteiger partial charge in [0.2, 0.25) is 0 Å². The van der Waals surface area contributed by atoms with Gasteiger partial charge in [0.15, 0.2) is 0 Å². The van der Waals surface area contributed by atoms with Gasteiger partial charge in [-0.2, -0.15) is 0 Å². The van der Waals surface area contributed by atoms with Gasteiger partial charge in [0.25, 0.3) is 0 Å². The minimum atomic E-state index is 1.13. The number of hydrogen-bond acceptors (Lipinski definition) is 0. The molecule has 10 aromatic carbocycles. The van der Waals surface area contributed by atoms with E-state index >= 15 is 0 Å². The quantitative estimate of drug-likeness (QED) is 0.159. The molecule has 3 heteroatoms. The molecular formula is C60H39N3. The summed E-state index contributed by atoms with van der Waals surface area (Å²) in [5.74, 6) is 0. The van der Waals surface area contributed by atoms with Gasteiger partial charge in [0, 0.05) is 49.4 Å². The van der Waals surface area contributed by atoms with Crippen molar-refractivity contribution in [3.8, 4) is 50.4 Å². The predicted octanol–water partition coefficient (Wildman–Crippen LogP) is 16.0. The smallest absolute Gasteiger partial charge is 0.0562 e. The molecule has 0 N–H and O–H groups in total. The van der Waals surface area contributed by atoms with E-state index in [1.165, 1.54) is 98.8 Å². The summed E-state index contributed by atoms with van der Waals surface area (Å²) in [4.78, 5) is 0. The molecule has 0 fully saturated rings. The minimum Gasteiger partial charge on any atom is -0.309 e. The molecule has 3 aromatic heterocycles. The van der Waals surface area contributed by atoms with Crippen LogP contribution in [0.3, 0.4) is 0 Å². The molecule has 0 amide bonds. The van der Waals surface area contributed by atoms with E-state index < -0.39 is 0 Å². The highest BCUT2D eigenvalue weighted by atomic mass is 15.0. The number of benzene rings is 10. The number of hydrogen-bond donors (Lipinski definition) is 0. The Bertz CT molecular complexity index is 3850. The predicted molar refractivity (Wildman–Crippen MR) is 266 cm³/mol. The maximum absolute atomic E-state index is 2.45. The van der Waals surface area contributed by atoms with Crippen LogP contribution in [0.2, 0.25) is 0 Å². The Balaban J connectivity index is 1.01. The van der Waals surface area contributed by atoms with Crippen molar-refractivity contribution in [1.29, 1.82) is 0 Å². The van der Waals surface area contributed by atoms with E-state index in [0.717, 1.165) is 17.1 Å². The number of aromatic nitrogens is 3. The van der Waals surface area contributed by atoms with Gasteiger partial charge in [-0.1, -0.05) is 152 Å². The third-order valence-corrected chi connectivity index (χ3v) is 13.0. The van der Waals surface area contributed by atoms with Crippen LogP contribution in [-0.4, -0.2) is 13.7 Å². The van der Waals surface area contributed by atoms with Crippen LogP contribution in [0.25, 0.3) is 116 Å². The van der Waals surface area contributed by atoms with Crippen LogP contribution in [-0.2, 0) is 0 Å². The average molecular weight is 802 g/mol. The molecule has 3 heterocycles. The minimum absolute atomic E-state index is 1.13. The Morgan fingerprint density at radius 3 is 0.984 bits per heavy atom. The first kappa shape index (κ1) is 35.4. The number of fused-ring (bicyclic) bond motifs is 9. The second-order valence-corrected chi connectivity index (χ2v) is 16.6. The van der Waals surface area contributed by atoms with Gasteiger partial charge >= 0.3 is 0 Å². The molecule has 0 radical (unpaired) electrons. The molecule has 13 rings (SSSR count). The van der Waals surface area contributed by atoms with Gasteiger partial charge < -0.3 is 13.7 Å². The van der Waals surface area contributed by atoms with Crippen LogP contribution < -0.4 is 0 Å². The molecule has 63 heavy (non-hydrogen) atoms. The fourth-order valence-electron chi connectivity index (χ4n) is 10.1. The SMILES string of the molecule is c1ccc(-c2ccc(-n3c4ccccc4c4cc(-c5ccc6c(c5)c5cc7c8ccccc8n(-c8ccccc8)c7cc5n6-c5ccc(-c6ccccc6)cc5)ccc43)cc2)cc1. The Hall–Kier alpha value is -8.40. The summed E-state index contributed by atoms with van der Waals surface area (Å²) in [6.07, 6.45) is 0. The first-order valence-corrected chi connectivity index (χ1v) is 21.7. The van der Waals surface area contributed by atoms with E-state index in [0.29, 0.717) is 0 Å². The molecule has 0 spiro atoms. The van der Waals surface area contributed by atoms with Crippen LogP contribution in [0.15, 0.2) is 237 Å². The second-order valence-electron chi connectivity index (χ2n) is 16.6. The monoisotopic (exact) mass is 801 g/mol. The average Bonchev–Trinajstić information content (AvgIpc) is 3.99. The van der Waals surface area contributed by atoms with Crippen molar-refractivity contribution in [1.82, 2.24) is 13.7 Å². The fraction of sp³-hybridized carbons (Fsp3) is 0. The summed E-state index contributed by atoms with van der Waals surface area (Å²) >= 11 is 0. The molecule has 0 saturated carbocycles. The maximum Gasteiger partial charge on any atom is 0.0562 e. The van der Waals surface area contributed by atoms with Crippen LogP contribution in [0.1, 0.15) is 0 Å². The van der Waals surface area contributed by atoms with Gasteiger partial charge in [-0.05, 0) is 118 Å². The van der Waals surface area contributed by atoms with E-state index in [1.54, 1.807) is 0 Å². The van der Waals surface area contributed by atoms with Crippen molar-refractivity contribution in [3.63, 3.8) is 0 Å². The highest BCUT2D eigenvalue weighted by Crippen LogP contribution is 2.42. The molecule has 0 unspecified atom stereocenters. The summed E-state index contributed by atoms with van der Waals surface area (Å²) in [6, 6.07) is 86.4. The number of rotatable bonds is 6. The van der Waals surface area contributed by atoms with Gasteiger partial charge in [-0.3, -0.25) is 0 Å². The molecule has 0 aliphatic heterocycles. The summed E-state index contributed by atoms with van der Waals surface area (Å²) < 4.78 is 7.27. The van der Waals surface area contributed by atoms with Crippen molar-refractivity contribution in [2.75, 3.05) is 0 Å². The lowest BCUT2D eigenvalue weighted by atomic mass is 10.00. The standard InChI is InChI=1S/C60H39N3/c1-4-14-40(15-5-1)42-24-30-47(31-25-42)61-55-22-12-10-20-49(55)51-36-44(28-34-57(51)61)45-29-35-58-52(37-45)54-38-53-50-21-11-13-23-56(50)62(46-18-8-3-9-19-46)59(53)39-60(54)63(58)48-32-26-43(27-33-48)41-16-6-2-7-17-41/h1-39H. The van der Waals surface area contributed by atoms with E-state index in [-0.39, 0.29) is 0 Å². The van der Waals surface area contributed by atoms with Crippen molar-refractivity contribution in [2.24, 2.45) is 0 Å². The van der Waals surface area contributed by atoms with Gasteiger partial charge in [0.05, 0.1) is 33.1 Å². The highest BCUT2D eigenvalue weighted by molar-refractivity contribution is 6.20. The third-order valence-electron chi connectivity index (χ3n) is 13.0. The fourth-order valence-corrected chi connectivity index (χ4v) is 10.1. The van der Waals surface area contributed by atoms with Gasteiger partial charge in [-0.15, -0.1) is 0 Å². The molecule has 0 bridgehead atoms. The highest BCUT2D eigenvalue weighted by Gasteiger charge is 2.20. The van der Waals surface area contributed by atoms with Crippen LogP contribution in [0.5, 0.6) is 0 Å². The number of nitrogens with zero attached hydrogens (tertiary/aromatic N) is 3. The van der Waals surface area contributed by atoms with Crippen molar-refractivity contribution in [3.05, 3.63) is 237 Å². The van der Waals surface area contributed by atoms with Gasteiger partial charge in [-0.25, -0.2) is 0 Å². The first-order chi connectivity index (χ1) is 31.2. The zero-order valence-corrected chi connectivity index (χ0v) is 34.4. The normalized spacial score (nSPS) is 11.8. The summed E-state index contributed by atoms with van der Waals surface area (Å²) in [5.41, 5.74) is 17.8. The van der Waals surface area contributed by atoms with Crippen molar-refractivity contribution < 1.29 is 0 Å². The van der Waals surface area contributed by atoms with E-state index in [4.69, 9.17) is 0 Å². The van der Waals surface area contributed by atoms with E-state index in [9.17, 15) is 0 Å². The lowest BCUT2D eigenvalue weighted by Gasteiger charge is -2.11. The molecular weight excluding hydrogens is 763 g/mol. The second kappa shape index (κ2) is 14.1. The summed E-state index contributed by atoms with van der Waals surface area (Å²) in [7, 11) is 0. The first-order valence-electron chi connectivity index (χ1n) is 21.7. The van der Waals surface area contributed by atoms with Crippen LogP contribution in [0, 0.1) is 0 Å². The summed E-state index contributed by atoms with van der Waals surface area (Å²) in [6.45, 7) is 0. The number of para-hydroxylation sites is 3. The molecule has 294 valence electrons. The van der Waals surface area contributed by atoms with E-state index in [2.05, 4.69) is 250 Å². The van der Waals surface area contributed by atoms with Crippen LogP contribution in [0.4, 0.5) is 0 Å². The molecule has 0 aliphatic carbocycles. The van der Waals surface area contributed by atoms with E-state index in [1.807, 2.05) is 0 Å². The molecule has 13 aromatic rings. The lowest BCUT2D eigenvalue weighted by Crippen LogP contribution is -1.96. The topological polar surface area (TPSA) is 14.8 Å². The van der Waals surface area contributed by atoms with Crippen molar-refractivity contribution >= 4 is 65.4 Å². The Kier molecular flexibility index (Phi) is 7.91. The molecule has 0 atom stereocenters. The molecule has 0 saturated heterocycles. The summed E-state index contributed by atoms with van der Waals surface area (Å²) in [5, 5.41) is 7.45. The Labute approximate surface area is 364 Å². The largest absolute Gasteiger partial charge is 0.309 e. The third kappa shape index (κ3) is 5.60. The zero-order chi connectivity index (χ0) is 41.4. The molecule has 0 aliphatic rings. The Morgan fingerprint density at radius 2 is 0.492 bits per heavy atom. The van der Waals surface area contributed by atoms with Gasteiger partial charge in [0.1, 0.15) is 0 Å². The zero-order valence-electron chi connectivity index (χ0n) is 34.4. The maximum atomic E-state index is 2.45. The molecule has 3 nitrogen and oxygen atoms in total. The Morgan fingerprint density at radius 1 is 0.175 bits per heavy atom. The van der Waals surface area contributed by atoms with Crippen LogP contribution >= 0.6 is 0 Å².